The Bertz CT molecular complexity index is 60.2. The maximum absolute atomic E-state index is 8.91. The Morgan fingerprint density at radius 1 is 1.67 bits per heavy atom. The van der Waals surface area contributed by atoms with E-state index in [9.17, 15) is 0 Å². The van der Waals surface area contributed by atoms with Gasteiger partial charge in [-0.1, -0.05) is 0 Å². The van der Waals surface area contributed by atoms with Crippen molar-refractivity contribution < 1.29 is 14.7 Å². The Labute approximate surface area is 56.9 Å². The second-order valence-corrected chi connectivity index (χ2v) is 2.77. The molecule has 0 aromatic carbocycles. The zero-order valence-electron chi connectivity index (χ0n) is 5.50. The summed E-state index contributed by atoms with van der Waals surface area (Å²) in [6.07, 6.45) is 0.415. The lowest BCUT2D eigenvalue weighted by Gasteiger charge is -2.06. The van der Waals surface area contributed by atoms with Gasteiger partial charge in [-0.2, -0.15) is 0 Å². The highest BCUT2D eigenvalue weighted by Crippen LogP contribution is 2.19. The maximum Gasteiger partial charge on any atom is 0.0973 e. The molecule has 4 heteroatoms. The third-order valence-electron chi connectivity index (χ3n) is 0.766. The average molecular weight is 152 g/mol. The SMILES string of the molecule is CCOPC(O)CCO. The van der Waals surface area contributed by atoms with Crippen LogP contribution in [0.2, 0.25) is 0 Å². The van der Waals surface area contributed by atoms with E-state index in [1.54, 1.807) is 0 Å². The highest BCUT2D eigenvalue weighted by molar-refractivity contribution is 7.32. The fourth-order valence-corrected chi connectivity index (χ4v) is 0.967. The Hall–Kier alpha value is 0.310. The minimum Gasteiger partial charge on any atom is -0.396 e. The summed E-state index contributed by atoms with van der Waals surface area (Å²) in [4.78, 5) is 0. The van der Waals surface area contributed by atoms with Crippen LogP contribution in [0.4, 0.5) is 0 Å². The van der Waals surface area contributed by atoms with Gasteiger partial charge in [0, 0.05) is 28.4 Å². The first kappa shape index (κ1) is 9.31. The fourth-order valence-electron chi connectivity index (χ4n) is 0.361. The van der Waals surface area contributed by atoms with Crippen LogP contribution in [0.15, 0.2) is 0 Å². The Balaban J connectivity index is 2.95. The number of aliphatic hydroxyl groups excluding tert-OH is 2. The number of aliphatic hydroxyl groups is 2. The Kier molecular flexibility index (Phi) is 6.65. The molecule has 9 heavy (non-hydrogen) atoms. The molecule has 3 nitrogen and oxygen atoms in total. The molecule has 2 unspecified atom stereocenters. The van der Waals surface area contributed by atoms with Crippen LogP contribution in [-0.2, 0) is 4.52 Å². The van der Waals surface area contributed by atoms with Gasteiger partial charge in [0.15, 0.2) is 0 Å². The third-order valence-corrected chi connectivity index (χ3v) is 1.78. The van der Waals surface area contributed by atoms with Crippen LogP contribution in [0, 0.1) is 0 Å². The smallest absolute Gasteiger partial charge is 0.0973 e. The van der Waals surface area contributed by atoms with Gasteiger partial charge >= 0.3 is 0 Å². The average Bonchev–Trinajstić information content (AvgIpc) is 1.85. The monoisotopic (exact) mass is 152 g/mol. The molecule has 0 bridgehead atoms. The minimum absolute atomic E-state index is 0.0290. The van der Waals surface area contributed by atoms with Crippen LogP contribution in [-0.4, -0.2) is 29.3 Å². The molecule has 0 aromatic rings. The van der Waals surface area contributed by atoms with Gasteiger partial charge in [-0.05, 0) is 6.92 Å². The van der Waals surface area contributed by atoms with Crippen molar-refractivity contribution in [3.63, 3.8) is 0 Å². The third kappa shape index (κ3) is 6.19. The zero-order valence-corrected chi connectivity index (χ0v) is 6.50. The summed E-state index contributed by atoms with van der Waals surface area (Å²) in [6.45, 7) is 2.53. The van der Waals surface area contributed by atoms with Gasteiger partial charge in [0.05, 0.1) is 5.85 Å². The molecule has 0 aliphatic rings. The summed E-state index contributed by atoms with van der Waals surface area (Å²) >= 11 is 0. The summed E-state index contributed by atoms with van der Waals surface area (Å²) in [5.41, 5.74) is 0. The van der Waals surface area contributed by atoms with Crippen molar-refractivity contribution in [3.8, 4) is 0 Å². The van der Waals surface area contributed by atoms with E-state index in [1.807, 2.05) is 6.92 Å². The Morgan fingerprint density at radius 2 is 2.33 bits per heavy atom. The van der Waals surface area contributed by atoms with Gasteiger partial charge < -0.3 is 14.7 Å². The van der Waals surface area contributed by atoms with Gasteiger partial charge in [0.1, 0.15) is 0 Å². The highest BCUT2D eigenvalue weighted by Gasteiger charge is 2.00. The normalized spacial score (nSPS) is 15.0. The van der Waals surface area contributed by atoms with Gasteiger partial charge in [0.2, 0.25) is 0 Å². The lowest BCUT2D eigenvalue weighted by Crippen LogP contribution is -2.01. The predicted octanol–water partition coefficient (Wildman–Crippen LogP) is 0.317. The molecule has 0 aromatic heterocycles. The van der Waals surface area contributed by atoms with Crippen LogP contribution in [0.5, 0.6) is 0 Å². The summed E-state index contributed by atoms with van der Waals surface area (Å²) in [5, 5.41) is 17.2. The van der Waals surface area contributed by atoms with Gasteiger partial charge in [-0.25, -0.2) is 0 Å². The molecular formula is C5H13O3P. The molecule has 0 rings (SSSR count). The fraction of sp³-hybridized carbons (Fsp3) is 1.00. The molecule has 2 N–H and O–H groups in total. The van der Waals surface area contributed by atoms with Gasteiger partial charge in [-0.15, -0.1) is 0 Å². The van der Waals surface area contributed by atoms with E-state index >= 15 is 0 Å². The summed E-state index contributed by atoms with van der Waals surface area (Å²) in [7, 11) is 0.108. The number of rotatable bonds is 5. The molecule has 0 spiro atoms. The van der Waals surface area contributed by atoms with Crippen LogP contribution in [0.3, 0.4) is 0 Å². The van der Waals surface area contributed by atoms with E-state index in [-0.39, 0.29) is 15.4 Å². The molecule has 0 aliphatic carbocycles. The topological polar surface area (TPSA) is 49.7 Å². The molecule has 0 aliphatic heterocycles. The molecule has 0 radical (unpaired) electrons. The van der Waals surface area contributed by atoms with Crippen LogP contribution in [0.25, 0.3) is 0 Å². The second-order valence-electron chi connectivity index (χ2n) is 1.58. The van der Waals surface area contributed by atoms with Crippen molar-refractivity contribution in [2.75, 3.05) is 13.2 Å². The largest absolute Gasteiger partial charge is 0.396 e. The van der Waals surface area contributed by atoms with Crippen molar-refractivity contribution in [1.82, 2.24) is 0 Å². The number of hydrogen-bond donors (Lipinski definition) is 2. The van der Waals surface area contributed by atoms with E-state index in [1.165, 1.54) is 0 Å². The first-order chi connectivity index (χ1) is 4.31. The highest BCUT2D eigenvalue weighted by atomic mass is 31.1. The summed E-state index contributed by atoms with van der Waals surface area (Å²) in [6, 6.07) is 0. The predicted molar refractivity (Wildman–Crippen MR) is 37.7 cm³/mol. The van der Waals surface area contributed by atoms with Gasteiger partial charge in [0.25, 0.3) is 0 Å². The molecule has 56 valence electrons. The second kappa shape index (κ2) is 6.43. The van der Waals surface area contributed by atoms with Gasteiger partial charge in [-0.3, -0.25) is 0 Å². The van der Waals surface area contributed by atoms with Crippen molar-refractivity contribution in [1.29, 1.82) is 0 Å². The van der Waals surface area contributed by atoms with Crippen molar-refractivity contribution in [2.24, 2.45) is 0 Å². The zero-order chi connectivity index (χ0) is 7.11. The first-order valence-corrected chi connectivity index (χ1v) is 3.96. The molecule has 2 atom stereocenters. The van der Waals surface area contributed by atoms with E-state index < -0.39 is 5.85 Å². The molecule has 0 fully saturated rings. The first-order valence-electron chi connectivity index (χ1n) is 2.97. The van der Waals surface area contributed by atoms with Crippen molar-refractivity contribution in [3.05, 3.63) is 0 Å². The molecule has 0 saturated carbocycles. The molecular weight excluding hydrogens is 139 g/mol. The van der Waals surface area contributed by atoms with Crippen LogP contribution < -0.4 is 0 Å². The maximum atomic E-state index is 8.91. The summed E-state index contributed by atoms with van der Waals surface area (Å²) in [5.74, 6) is -0.477. The lowest BCUT2D eigenvalue weighted by molar-refractivity contribution is 0.185. The minimum atomic E-state index is -0.477. The Morgan fingerprint density at radius 3 is 2.78 bits per heavy atom. The summed E-state index contributed by atoms with van der Waals surface area (Å²) < 4.78 is 4.91. The number of hydrogen-bond acceptors (Lipinski definition) is 3. The molecule has 0 saturated heterocycles. The van der Waals surface area contributed by atoms with E-state index in [0.29, 0.717) is 13.0 Å². The van der Waals surface area contributed by atoms with Crippen LogP contribution >= 0.6 is 8.81 Å². The standard InChI is InChI=1S/C5H13O3P/c1-2-8-9-5(7)3-4-6/h5-7,9H,2-4H2,1H3. The van der Waals surface area contributed by atoms with Crippen LogP contribution in [0.1, 0.15) is 13.3 Å². The lowest BCUT2D eigenvalue weighted by atomic mass is 10.5. The molecule has 0 heterocycles. The van der Waals surface area contributed by atoms with E-state index in [2.05, 4.69) is 0 Å². The van der Waals surface area contributed by atoms with Crippen molar-refractivity contribution >= 4 is 8.81 Å². The molecule has 0 amide bonds. The van der Waals surface area contributed by atoms with Crippen molar-refractivity contribution in [2.45, 2.75) is 19.2 Å². The quantitative estimate of drug-likeness (QED) is 0.557. The van der Waals surface area contributed by atoms with E-state index in [4.69, 9.17) is 14.7 Å². The van der Waals surface area contributed by atoms with E-state index in [0.717, 1.165) is 0 Å².